The zero-order valence-corrected chi connectivity index (χ0v) is 10.6. The molecule has 1 rings (SSSR count). The minimum absolute atomic E-state index is 0.619. The van der Waals surface area contributed by atoms with Gasteiger partial charge in [-0.25, -0.2) is 4.68 Å². The summed E-state index contributed by atoms with van der Waals surface area (Å²) >= 11 is 0. The van der Waals surface area contributed by atoms with Crippen LogP contribution in [0.15, 0.2) is 12.8 Å². The first-order chi connectivity index (χ1) is 7.67. The van der Waals surface area contributed by atoms with Crippen LogP contribution in [-0.4, -0.2) is 39.0 Å². The van der Waals surface area contributed by atoms with Crippen molar-refractivity contribution in [3.05, 3.63) is 18.5 Å². The van der Waals surface area contributed by atoms with Crippen molar-refractivity contribution in [3.63, 3.8) is 0 Å². The van der Waals surface area contributed by atoms with E-state index in [1.54, 1.807) is 10.9 Å². The number of hydrogen-bond acceptors (Lipinski definition) is 3. The summed E-state index contributed by atoms with van der Waals surface area (Å²) in [7, 11) is 0. The zero-order chi connectivity index (χ0) is 12.0. The van der Waals surface area contributed by atoms with Gasteiger partial charge in [0, 0.05) is 12.2 Å². The first-order valence-corrected chi connectivity index (χ1v) is 5.94. The molecule has 0 amide bonds. The normalized spacial score (nSPS) is 11.3. The van der Waals surface area contributed by atoms with Gasteiger partial charge in [0.25, 0.3) is 0 Å². The van der Waals surface area contributed by atoms with Gasteiger partial charge in [-0.15, -0.1) is 5.10 Å². The fraction of sp³-hybridized carbons (Fsp3) is 0.667. The lowest BCUT2D eigenvalue weighted by Crippen LogP contribution is -2.31. The van der Waals surface area contributed by atoms with Crippen molar-refractivity contribution < 1.29 is 0 Å². The Kier molecular flexibility index (Phi) is 5.19. The second-order valence-electron chi connectivity index (χ2n) is 4.20. The molecule has 0 fully saturated rings. The molecule has 1 aromatic rings. The summed E-state index contributed by atoms with van der Waals surface area (Å²) in [6.45, 7) is 12.5. The Bertz CT molecular complexity index is 317. The molecule has 0 unspecified atom stereocenters. The van der Waals surface area contributed by atoms with Crippen molar-refractivity contribution in [2.45, 2.75) is 39.7 Å². The van der Waals surface area contributed by atoms with Crippen molar-refractivity contribution in [2.75, 3.05) is 13.1 Å². The number of nitrogens with zero attached hydrogens (tertiary/aromatic N) is 4. The van der Waals surface area contributed by atoms with Crippen LogP contribution in [0.1, 0.15) is 32.9 Å². The Labute approximate surface area is 97.9 Å². The summed E-state index contributed by atoms with van der Waals surface area (Å²) in [6.07, 6.45) is 5.69. The molecule has 0 saturated heterocycles. The molecule has 0 aliphatic rings. The molecule has 0 saturated carbocycles. The maximum atomic E-state index is 4.08. The van der Waals surface area contributed by atoms with Crippen LogP contribution in [0.2, 0.25) is 0 Å². The molecule has 0 radical (unpaired) electrons. The molecule has 4 nitrogen and oxygen atoms in total. The summed E-state index contributed by atoms with van der Waals surface area (Å²) in [5, 5.41) is 8.00. The highest BCUT2D eigenvalue weighted by molar-refractivity contribution is 5.13. The minimum Gasteiger partial charge on any atom is -0.301 e. The summed E-state index contributed by atoms with van der Waals surface area (Å²) in [5.41, 5.74) is 1.04. The van der Waals surface area contributed by atoms with Crippen LogP contribution in [0.4, 0.5) is 0 Å². The molecule has 1 aromatic heterocycles. The predicted octanol–water partition coefficient (Wildman–Crippen LogP) is 2.04. The SMILES string of the molecule is C=Cn1cc(CCCN(CC)C(C)C)nn1. The second-order valence-corrected chi connectivity index (χ2v) is 4.20. The van der Waals surface area contributed by atoms with Crippen LogP contribution in [0.3, 0.4) is 0 Å². The quantitative estimate of drug-likeness (QED) is 0.708. The predicted molar refractivity (Wildman–Crippen MR) is 67.1 cm³/mol. The third-order valence-electron chi connectivity index (χ3n) is 2.76. The Morgan fingerprint density at radius 1 is 1.56 bits per heavy atom. The largest absolute Gasteiger partial charge is 0.301 e. The van der Waals surface area contributed by atoms with Crippen molar-refractivity contribution in [1.82, 2.24) is 19.9 Å². The van der Waals surface area contributed by atoms with Crippen molar-refractivity contribution in [1.29, 1.82) is 0 Å². The van der Waals surface area contributed by atoms with Gasteiger partial charge >= 0.3 is 0 Å². The molecule has 16 heavy (non-hydrogen) atoms. The van der Waals surface area contributed by atoms with Gasteiger partial charge in [0.05, 0.1) is 11.9 Å². The molecule has 90 valence electrons. The maximum absolute atomic E-state index is 4.08. The molecule has 4 heteroatoms. The second kappa shape index (κ2) is 6.43. The first kappa shape index (κ1) is 12.9. The maximum Gasteiger partial charge on any atom is 0.0832 e. The van der Waals surface area contributed by atoms with Crippen LogP contribution < -0.4 is 0 Å². The van der Waals surface area contributed by atoms with E-state index in [9.17, 15) is 0 Å². The molecule has 0 aliphatic heterocycles. The highest BCUT2D eigenvalue weighted by Crippen LogP contribution is 2.03. The Morgan fingerprint density at radius 2 is 2.31 bits per heavy atom. The number of hydrogen-bond donors (Lipinski definition) is 0. The molecule has 0 N–H and O–H groups in total. The van der Waals surface area contributed by atoms with Crippen molar-refractivity contribution in [3.8, 4) is 0 Å². The van der Waals surface area contributed by atoms with Crippen LogP contribution in [0.25, 0.3) is 6.20 Å². The highest BCUT2D eigenvalue weighted by Gasteiger charge is 2.06. The van der Waals surface area contributed by atoms with Crippen molar-refractivity contribution >= 4 is 6.20 Å². The molecule has 1 heterocycles. The minimum atomic E-state index is 0.619. The topological polar surface area (TPSA) is 34.0 Å². The van der Waals surface area contributed by atoms with Crippen LogP contribution in [0.5, 0.6) is 0 Å². The average molecular weight is 222 g/mol. The van der Waals surface area contributed by atoms with E-state index in [4.69, 9.17) is 0 Å². The van der Waals surface area contributed by atoms with Crippen LogP contribution in [-0.2, 0) is 6.42 Å². The monoisotopic (exact) mass is 222 g/mol. The lowest BCUT2D eigenvalue weighted by molar-refractivity contribution is 0.231. The van der Waals surface area contributed by atoms with E-state index in [1.165, 1.54) is 0 Å². The van der Waals surface area contributed by atoms with E-state index >= 15 is 0 Å². The summed E-state index contributed by atoms with van der Waals surface area (Å²) in [5.74, 6) is 0. The number of rotatable bonds is 7. The van der Waals surface area contributed by atoms with Crippen molar-refractivity contribution in [2.24, 2.45) is 0 Å². The average Bonchev–Trinajstić information content (AvgIpc) is 2.71. The summed E-state index contributed by atoms with van der Waals surface area (Å²) < 4.78 is 1.65. The van der Waals surface area contributed by atoms with E-state index in [1.807, 2.05) is 6.20 Å². The van der Waals surface area contributed by atoms with Gasteiger partial charge in [-0.05, 0) is 39.8 Å². The van der Waals surface area contributed by atoms with E-state index in [-0.39, 0.29) is 0 Å². The van der Waals surface area contributed by atoms with E-state index in [0.717, 1.165) is 31.6 Å². The standard InChI is InChI=1S/C12H22N4/c1-5-15(11(3)4)9-7-8-12-10-16(6-2)14-13-12/h6,10-11H,2,5,7-9H2,1,3-4H3. The van der Waals surface area contributed by atoms with Gasteiger partial charge in [-0.3, -0.25) is 0 Å². The number of aromatic nitrogens is 3. The Morgan fingerprint density at radius 3 is 2.81 bits per heavy atom. The first-order valence-electron chi connectivity index (χ1n) is 5.94. The molecule has 0 spiro atoms. The van der Waals surface area contributed by atoms with Gasteiger partial charge in [0.15, 0.2) is 0 Å². The molecular formula is C12H22N4. The van der Waals surface area contributed by atoms with E-state index < -0.39 is 0 Å². The fourth-order valence-electron chi connectivity index (χ4n) is 1.76. The molecule has 0 atom stereocenters. The summed E-state index contributed by atoms with van der Waals surface area (Å²) in [4.78, 5) is 2.46. The van der Waals surface area contributed by atoms with Gasteiger partial charge in [0.2, 0.25) is 0 Å². The van der Waals surface area contributed by atoms with Gasteiger partial charge in [-0.1, -0.05) is 18.7 Å². The lowest BCUT2D eigenvalue weighted by Gasteiger charge is -2.24. The molecule has 0 aliphatic carbocycles. The third-order valence-corrected chi connectivity index (χ3v) is 2.76. The van der Waals surface area contributed by atoms with Gasteiger partial charge in [-0.2, -0.15) is 0 Å². The Balaban J connectivity index is 2.31. The van der Waals surface area contributed by atoms with E-state index in [2.05, 4.69) is 42.6 Å². The van der Waals surface area contributed by atoms with E-state index in [0.29, 0.717) is 6.04 Å². The fourth-order valence-corrected chi connectivity index (χ4v) is 1.76. The molecule has 0 bridgehead atoms. The molecule has 0 aromatic carbocycles. The highest BCUT2D eigenvalue weighted by atomic mass is 15.4. The smallest absolute Gasteiger partial charge is 0.0832 e. The number of aryl methyl sites for hydroxylation is 1. The molecular weight excluding hydrogens is 200 g/mol. The summed E-state index contributed by atoms with van der Waals surface area (Å²) in [6, 6.07) is 0.619. The lowest BCUT2D eigenvalue weighted by atomic mass is 10.2. The third kappa shape index (κ3) is 3.77. The van der Waals surface area contributed by atoms with Crippen LogP contribution in [0, 0.1) is 0 Å². The van der Waals surface area contributed by atoms with Gasteiger partial charge in [0.1, 0.15) is 0 Å². The van der Waals surface area contributed by atoms with Gasteiger partial charge < -0.3 is 4.90 Å². The van der Waals surface area contributed by atoms with Crippen LogP contribution >= 0.6 is 0 Å². The zero-order valence-electron chi connectivity index (χ0n) is 10.6. The Hall–Kier alpha value is -1.16.